The summed E-state index contributed by atoms with van der Waals surface area (Å²) in [5.74, 6) is -0.799. The van der Waals surface area contributed by atoms with Crippen LogP contribution in [0.1, 0.15) is 44.8 Å². The molecule has 0 saturated carbocycles. The number of aryl methyl sites for hydroxylation is 1. The van der Waals surface area contributed by atoms with Crippen LogP contribution in [0.5, 0.6) is 0 Å². The van der Waals surface area contributed by atoms with E-state index in [4.69, 9.17) is 5.11 Å². The van der Waals surface area contributed by atoms with Crippen molar-refractivity contribution in [3.8, 4) is 11.3 Å². The molecule has 1 atom stereocenters. The fourth-order valence-electron chi connectivity index (χ4n) is 2.42. The Morgan fingerprint density at radius 1 is 1.33 bits per heavy atom. The van der Waals surface area contributed by atoms with Gasteiger partial charge in [0.15, 0.2) is 0 Å². The second-order valence-electron chi connectivity index (χ2n) is 5.38. The lowest BCUT2D eigenvalue weighted by molar-refractivity contribution is -0.137. The van der Waals surface area contributed by atoms with Crippen LogP contribution in [-0.4, -0.2) is 20.9 Å². The van der Waals surface area contributed by atoms with Gasteiger partial charge in [-0.1, -0.05) is 43.7 Å². The number of carboxylic acids is 1. The van der Waals surface area contributed by atoms with Crippen molar-refractivity contribution in [3.05, 3.63) is 42.1 Å². The summed E-state index contributed by atoms with van der Waals surface area (Å²) in [6, 6.07) is 11.9. The van der Waals surface area contributed by atoms with E-state index in [1.165, 1.54) is 0 Å². The predicted molar refractivity (Wildman–Crippen MR) is 83.2 cm³/mol. The van der Waals surface area contributed by atoms with E-state index in [2.05, 4.69) is 18.1 Å². The zero-order valence-corrected chi connectivity index (χ0v) is 12.6. The van der Waals surface area contributed by atoms with Crippen molar-refractivity contribution in [1.29, 1.82) is 0 Å². The van der Waals surface area contributed by atoms with Gasteiger partial charge in [0, 0.05) is 0 Å². The van der Waals surface area contributed by atoms with E-state index in [-0.39, 0.29) is 12.5 Å². The lowest BCUT2D eigenvalue weighted by Crippen LogP contribution is -2.13. The first kappa shape index (κ1) is 15.3. The molecule has 0 bridgehead atoms. The van der Waals surface area contributed by atoms with Crippen LogP contribution in [0.25, 0.3) is 11.3 Å². The summed E-state index contributed by atoms with van der Waals surface area (Å²) in [6.45, 7) is 4.05. The Morgan fingerprint density at radius 3 is 2.67 bits per heavy atom. The highest BCUT2D eigenvalue weighted by molar-refractivity contribution is 5.67. The molecule has 2 aromatic rings. The van der Waals surface area contributed by atoms with E-state index in [1.54, 1.807) is 0 Å². The van der Waals surface area contributed by atoms with Crippen LogP contribution in [0.15, 0.2) is 36.4 Å². The number of hydrogen-bond acceptors (Lipinski definition) is 2. The minimum Gasteiger partial charge on any atom is -0.481 e. The van der Waals surface area contributed by atoms with Crippen LogP contribution in [0.4, 0.5) is 0 Å². The molecule has 4 heteroatoms. The average molecular weight is 286 g/mol. The normalized spacial score (nSPS) is 12.3. The van der Waals surface area contributed by atoms with Crippen LogP contribution in [0.3, 0.4) is 0 Å². The van der Waals surface area contributed by atoms with Gasteiger partial charge in [-0.2, -0.15) is 5.10 Å². The van der Waals surface area contributed by atoms with Crippen LogP contribution >= 0.6 is 0 Å². The Labute approximate surface area is 125 Å². The molecule has 112 valence electrons. The summed E-state index contributed by atoms with van der Waals surface area (Å²) in [5, 5.41) is 13.6. The molecule has 0 amide bonds. The maximum absolute atomic E-state index is 11.0. The van der Waals surface area contributed by atoms with Crippen LogP contribution in [-0.2, 0) is 11.2 Å². The molecule has 0 aliphatic heterocycles. The number of hydrogen-bond donors (Lipinski definition) is 1. The molecule has 0 saturated heterocycles. The van der Waals surface area contributed by atoms with Gasteiger partial charge >= 0.3 is 5.97 Å². The monoisotopic (exact) mass is 286 g/mol. The number of carbonyl (C=O) groups is 1. The minimum absolute atomic E-state index is 0.0781. The molecule has 0 unspecified atom stereocenters. The maximum atomic E-state index is 11.0. The Hall–Kier alpha value is -2.10. The summed E-state index contributed by atoms with van der Waals surface area (Å²) in [7, 11) is 0. The average Bonchev–Trinajstić information content (AvgIpc) is 2.89. The number of unbranched alkanes of at least 4 members (excludes halogenated alkanes) is 1. The van der Waals surface area contributed by atoms with Crippen molar-refractivity contribution in [2.75, 3.05) is 0 Å². The highest BCUT2D eigenvalue weighted by atomic mass is 16.4. The molecule has 0 aliphatic rings. The Kier molecular flexibility index (Phi) is 5.14. The van der Waals surface area contributed by atoms with Gasteiger partial charge in [0.25, 0.3) is 0 Å². The first-order valence-corrected chi connectivity index (χ1v) is 7.47. The van der Waals surface area contributed by atoms with E-state index in [9.17, 15) is 4.79 Å². The first-order valence-electron chi connectivity index (χ1n) is 7.47. The quantitative estimate of drug-likeness (QED) is 0.839. The molecule has 0 radical (unpaired) electrons. The summed E-state index contributed by atoms with van der Waals surface area (Å²) in [6.07, 6.45) is 3.23. The summed E-state index contributed by atoms with van der Waals surface area (Å²) in [4.78, 5) is 11.0. The molecule has 1 N–H and O–H groups in total. The van der Waals surface area contributed by atoms with E-state index in [0.29, 0.717) is 0 Å². The van der Waals surface area contributed by atoms with Gasteiger partial charge in [-0.25, -0.2) is 0 Å². The number of nitrogens with zero attached hydrogens (tertiary/aromatic N) is 2. The summed E-state index contributed by atoms with van der Waals surface area (Å²) in [5.41, 5.74) is 3.10. The van der Waals surface area contributed by atoms with E-state index >= 15 is 0 Å². The standard InChI is InChI=1S/C17H22N2O2/c1-3-4-10-15-12-16(14-8-6-5-7-9-14)19(18-15)13(2)11-17(20)21/h5-9,12-13H,3-4,10-11H2,1-2H3,(H,20,21)/t13-/m0/s1. The van der Waals surface area contributed by atoms with Crippen molar-refractivity contribution in [2.24, 2.45) is 0 Å². The number of aliphatic carboxylic acids is 1. The molecule has 1 heterocycles. The van der Waals surface area contributed by atoms with E-state index in [0.717, 1.165) is 36.2 Å². The third-order valence-electron chi connectivity index (χ3n) is 3.53. The SMILES string of the molecule is CCCCc1cc(-c2ccccc2)n([C@@H](C)CC(=O)O)n1. The molecular formula is C17H22N2O2. The third kappa shape index (κ3) is 3.94. The lowest BCUT2D eigenvalue weighted by Gasteiger charge is -2.13. The van der Waals surface area contributed by atoms with Crippen molar-refractivity contribution < 1.29 is 9.90 Å². The summed E-state index contributed by atoms with van der Waals surface area (Å²) >= 11 is 0. The second kappa shape index (κ2) is 7.07. The molecule has 1 aromatic heterocycles. The largest absolute Gasteiger partial charge is 0.481 e. The Bertz CT molecular complexity index is 590. The first-order chi connectivity index (χ1) is 10.1. The van der Waals surface area contributed by atoms with Gasteiger partial charge in [0.05, 0.1) is 23.9 Å². The lowest BCUT2D eigenvalue weighted by atomic mass is 10.1. The fraction of sp³-hybridized carbons (Fsp3) is 0.412. The number of rotatable bonds is 7. The molecule has 0 fully saturated rings. The van der Waals surface area contributed by atoms with Gasteiger partial charge in [0.2, 0.25) is 0 Å². The maximum Gasteiger partial charge on any atom is 0.305 e. The topological polar surface area (TPSA) is 55.1 Å². The minimum atomic E-state index is -0.799. The molecule has 2 rings (SSSR count). The molecule has 0 spiro atoms. The highest BCUT2D eigenvalue weighted by Crippen LogP contribution is 2.25. The Morgan fingerprint density at radius 2 is 2.05 bits per heavy atom. The van der Waals surface area contributed by atoms with E-state index < -0.39 is 5.97 Å². The molecule has 4 nitrogen and oxygen atoms in total. The van der Waals surface area contributed by atoms with Crippen LogP contribution < -0.4 is 0 Å². The summed E-state index contributed by atoms with van der Waals surface area (Å²) < 4.78 is 1.86. The van der Waals surface area contributed by atoms with Crippen LogP contribution in [0.2, 0.25) is 0 Å². The molecular weight excluding hydrogens is 264 g/mol. The third-order valence-corrected chi connectivity index (χ3v) is 3.53. The zero-order chi connectivity index (χ0) is 15.2. The Balaban J connectivity index is 2.36. The van der Waals surface area contributed by atoms with Gasteiger partial charge in [-0.05, 0) is 31.4 Å². The van der Waals surface area contributed by atoms with Gasteiger partial charge in [-0.3, -0.25) is 9.48 Å². The predicted octanol–water partition coefficient (Wildman–Crippen LogP) is 3.93. The second-order valence-corrected chi connectivity index (χ2v) is 5.38. The highest BCUT2D eigenvalue weighted by Gasteiger charge is 2.17. The fourth-order valence-corrected chi connectivity index (χ4v) is 2.42. The van der Waals surface area contributed by atoms with Crippen molar-refractivity contribution in [1.82, 2.24) is 9.78 Å². The zero-order valence-electron chi connectivity index (χ0n) is 12.6. The number of aromatic nitrogens is 2. The van der Waals surface area contributed by atoms with Gasteiger partial charge in [-0.15, -0.1) is 0 Å². The van der Waals surface area contributed by atoms with Crippen molar-refractivity contribution in [3.63, 3.8) is 0 Å². The van der Waals surface area contributed by atoms with Crippen molar-refractivity contribution >= 4 is 5.97 Å². The molecule has 0 aliphatic carbocycles. The van der Waals surface area contributed by atoms with Crippen molar-refractivity contribution in [2.45, 2.75) is 45.6 Å². The number of benzene rings is 1. The molecule has 1 aromatic carbocycles. The molecule has 21 heavy (non-hydrogen) atoms. The smallest absolute Gasteiger partial charge is 0.305 e. The van der Waals surface area contributed by atoms with E-state index in [1.807, 2.05) is 41.9 Å². The van der Waals surface area contributed by atoms with Gasteiger partial charge in [0.1, 0.15) is 0 Å². The van der Waals surface area contributed by atoms with Gasteiger partial charge < -0.3 is 5.11 Å². The van der Waals surface area contributed by atoms with Crippen LogP contribution in [0, 0.1) is 0 Å². The number of carboxylic acid groups (broad SMARTS) is 1.